The molecular weight excluding hydrogens is 256 g/mol. The molecule has 6 nitrogen and oxygen atoms in total. The highest BCUT2D eigenvalue weighted by Gasteiger charge is 2.11. The lowest BCUT2D eigenvalue weighted by atomic mass is 10.3. The first-order chi connectivity index (χ1) is 9.49. The van der Waals surface area contributed by atoms with E-state index in [0.29, 0.717) is 5.49 Å². The van der Waals surface area contributed by atoms with Crippen LogP contribution in [0.25, 0.3) is 0 Å². The molecule has 0 fully saturated rings. The van der Waals surface area contributed by atoms with Crippen LogP contribution in [0.1, 0.15) is 24.3 Å². The Bertz CT molecular complexity index is 756. The van der Waals surface area contributed by atoms with Crippen LogP contribution >= 0.6 is 0 Å². The molecule has 104 valence electrons. The molecule has 2 aromatic rings. The third-order valence-corrected chi connectivity index (χ3v) is 2.63. The summed E-state index contributed by atoms with van der Waals surface area (Å²) < 4.78 is 2.56. The Kier molecular flexibility index (Phi) is 3.93. The van der Waals surface area contributed by atoms with Gasteiger partial charge in [-0.05, 0) is 32.0 Å². The topological polar surface area (TPSA) is 69.2 Å². The van der Waals surface area contributed by atoms with E-state index in [1.165, 1.54) is 23.7 Å². The van der Waals surface area contributed by atoms with Crippen LogP contribution in [0.5, 0.6) is 0 Å². The molecule has 0 saturated carbocycles. The molecule has 0 saturated heterocycles. The Morgan fingerprint density at radius 1 is 1.25 bits per heavy atom. The Balaban J connectivity index is 2.54. The van der Waals surface area contributed by atoms with Gasteiger partial charge in [-0.3, -0.25) is 19.1 Å². The van der Waals surface area contributed by atoms with E-state index >= 15 is 0 Å². The lowest BCUT2D eigenvalue weighted by molar-refractivity contribution is 0.0947. The summed E-state index contributed by atoms with van der Waals surface area (Å²) in [7, 11) is 1.51. The predicted octanol–water partition coefficient (Wildman–Crippen LogP) is 0.579. The smallest absolute Gasteiger partial charge is 0.268 e. The van der Waals surface area contributed by atoms with E-state index in [4.69, 9.17) is 0 Å². The summed E-state index contributed by atoms with van der Waals surface area (Å²) >= 11 is 0. The summed E-state index contributed by atoms with van der Waals surface area (Å²) in [4.78, 5) is 28.1. The molecule has 20 heavy (non-hydrogen) atoms. The van der Waals surface area contributed by atoms with Crippen molar-refractivity contribution >= 4 is 5.91 Å². The molecule has 0 bridgehead atoms. The molecule has 2 rings (SSSR count). The molecule has 0 aromatic carbocycles. The molecular formula is C14H16N4O2. The van der Waals surface area contributed by atoms with Crippen molar-refractivity contribution < 1.29 is 4.79 Å². The Hall–Kier alpha value is -2.50. The zero-order valence-corrected chi connectivity index (χ0v) is 11.6. The van der Waals surface area contributed by atoms with Crippen LogP contribution in [0.2, 0.25) is 0 Å². The van der Waals surface area contributed by atoms with Crippen LogP contribution in [-0.2, 0) is 7.05 Å². The first kappa shape index (κ1) is 13.9. The Morgan fingerprint density at radius 2 is 2.00 bits per heavy atom. The number of carbonyl (C=O) groups is 1. The summed E-state index contributed by atoms with van der Waals surface area (Å²) in [6.45, 7) is 3.87. The van der Waals surface area contributed by atoms with E-state index < -0.39 is 0 Å². The number of hydrogen-bond acceptors (Lipinski definition) is 4. The van der Waals surface area contributed by atoms with Gasteiger partial charge in [0.2, 0.25) is 0 Å². The molecule has 0 N–H and O–H groups in total. The van der Waals surface area contributed by atoms with Crippen molar-refractivity contribution in [3.8, 4) is 0 Å². The van der Waals surface area contributed by atoms with Gasteiger partial charge in [-0.25, -0.2) is 4.68 Å². The van der Waals surface area contributed by atoms with Gasteiger partial charge in [0.25, 0.3) is 11.5 Å². The van der Waals surface area contributed by atoms with E-state index in [0.717, 1.165) is 4.68 Å². The number of rotatable bonds is 2. The quantitative estimate of drug-likeness (QED) is 0.803. The van der Waals surface area contributed by atoms with Gasteiger partial charge in [-0.2, -0.15) is 5.10 Å². The minimum absolute atomic E-state index is 0.0736. The highest BCUT2D eigenvalue weighted by molar-refractivity contribution is 5.93. The first-order valence-corrected chi connectivity index (χ1v) is 6.29. The van der Waals surface area contributed by atoms with Gasteiger partial charge >= 0.3 is 0 Å². The monoisotopic (exact) mass is 272 g/mol. The summed E-state index contributed by atoms with van der Waals surface area (Å²) in [5.41, 5.74) is 0.498. The fourth-order valence-electron chi connectivity index (χ4n) is 1.72. The minimum atomic E-state index is -0.319. The molecule has 6 heteroatoms. The summed E-state index contributed by atoms with van der Waals surface area (Å²) in [5, 5.41) is 3.96. The maximum Gasteiger partial charge on any atom is 0.283 e. The second-order valence-corrected chi connectivity index (χ2v) is 4.64. The van der Waals surface area contributed by atoms with E-state index in [1.807, 2.05) is 19.9 Å². The second kappa shape index (κ2) is 5.64. The SMILES string of the molecule is CC(C)N=c1ccccn1C(=O)c1ccc(=O)n(C)n1. The fraction of sp³-hybridized carbons (Fsp3) is 0.286. The number of carbonyl (C=O) groups excluding carboxylic acids is 1. The third kappa shape index (κ3) is 2.90. The zero-order chi connectivity index (χ0) is 14.7. The van der Waals surface area contributed by atoms with Crippen molar-refractivity contribution in [2.45, 2.75) is 19.9 Å². The largest absolute Gasteiger partial charge is 0.283 e. The Labute approximate surface area is 116 Å². The average Bonchev–Trinajstić information content (AvgIpc) is 2.41. The maximum atomic E-state index is 12.4. The number of nitrogens with zero attached hydrogens (tertiary/aromatic N) is 4. The summed E-state index contributed by atoms with van der Waals surface area (Å²) in [5.74, 6) is -0.319. The van der Waals surface area contributed by atoms with Crippen molar-refractivity contribution in [3.05, 3.63) is 58.1 Å². The van der Waals surface area contributed by atoms with E-state index in [1.54, 1.807) is 18.3 Å². The van der Waals surface area contributed by atoms with Gasteiger partial charge in [-0.1, -0.05) is 6.07 Å². The van der Waals surface area contributed by atoms with Crippen LogP contribution in [0.15, 0.2) is 46.3 Å². The van der Waals surface area contributed by atoms with Crippen molar-refractivity contribution in [1.29, 1.82) is 0 Å². The summed E-state index contributed by atoms with van der Waals surface area (Å²) in [6, 6.07) is 8.15. The van der Waals surface area contributed by atoms with Crippen LogP contribution in [-0.4, -0.2) is 26.3 Å². The van der Waals surface area contributed by atoms with E-state index in [2.05, 4.69) is 10.1 Å². The lowest BCUT2D eigenvalue weighted by Gasteiger charge is -2.07. The van der Waals surface area contributed by atoms with Crippen LogP contribution in [0, 0.1) is 0 Å². The van der Waals surface area contributed by atoms with E-state index in [9.17, 15) is 9.59 Å². The van der Waals surface area contributed by atoms with Gasteiger partial charge in [0, 0.05) is 25.4 Å². The molecule has 0 unspecified atom stereocenters. The van der Waals surface area contributed by atoms with Gasteiger partial charge in [-0.15, -0.1) is 0 Å². The number of aromatic nitrogens is 3. The minimum Gasteiger partial charge on any atom is -0.268 e. The van der Waals surface area contributed by atoms with Gasteiger partial charge < -0.3 is 0 Å². The number of pyridine rings is 1. The predicted molar refractivity (Wildman–Crippen MR) is 74.3 cm³/mol. The normalized spacial score (nSPS) is 11.9. The molecule has 0 amide bonds. The highest BCUT2D eigenvalue weighted by Crippen LogP contribution is 1.95. The van der Waals surface area contributed by atoms with Crippen molar-refractivity contribution in [1.82, 2.24) is 14.3 Å². The third-order valence-electron chi connectivity index (χ3n) is 2.63. The van der Waals surface area contributed by atoms with Crippen LogP contribution < -0.4 is 11.0 Å². The molecule has 0 aliphatic heterocycles. The van der Waals surface area contributed by atoms with Gasteiger partial charge in [0.05, 0.1) is 0 Å². The van der Waals surface area contributed by atoms with E-state index in [-0.39, 0.29) is 23.2 Å². The molecule has 0 spiro atoms. The number of aryl methyl sites for hydroxylation is 1. The van der Waals surface area contributed by atoms with Gasteiger partial charge in [0.1, 0.15) is 11.2 Å². The highest BCUT2D eigenvalue weighted by atomic mass is 16.2. The second-order valence-electron chi connectivity index (χ2n) is 4.64. The fourth-order valence-corrected chi connectivity index (χ4v) is 1.72. The standard InChI is InChI=1S/C14H16N4O2/c1-10(2)15-12-6-4-5-9-18(12)14(20)11-7-8-13(19)17(3)16-11/h4-10H,1-3H3. The first-order valence-electron chi connectivity index (χ1n) is 6.29. The molecule has 0 aliphatic carbocycles. The molecule has 2 aromatic heterocycles. The average molecular weight is 272 g/mol. The van der Waals surface area contributed by atoms with Crippen molar-refractivity contribution in [3.63, 3.8) is 0 Å². The number of hydrogen-bond donors (Lipinski definition) is 0. The van der Waals surface area contributed by atoms with Crippen LogP contribution in [0.4, 0.5) is 0 Å². The Morgan fingerprint density at radius 3 is 2.65 bits per heavy atom. The molecule has 0 radical (unpaired) electrons. The summed E-state index contributed by atoms with van der Waals surface area (Å²) in [6.07, 6.45) is 1.64. The van der Waals surface area contributed by atoms with Crippen molar-refractivity contribution in [2.75, 3.05) is 0 Å². The molecule has 2 heterocycles. The van der Waals surface area contributed by atoms with Crippen LogP contribution in [0.3, 0.4) is 0 Å². The maximum absolute atomic E-state index is 12.4. The molecule has 0 atom stereocenters. The van der Waals surface area contributed by atoms with Crippen molar-refractivity contribution in [2.24, 2.45) is 12.0 Å². The van der Waals surface area contributed by atoms with Gasteiger partial charge in [0.15, 0.2) is 0 Å². The zero-order valence-electron chi connectivity index (χ0n) is 11.6. The lowest BCUT2D eigenvalue weighted by Crippen LogP contribution is -2.30. The molecule has 0 aliphatic rings.